The van der Waals surface area contributed by atoms with Crippen molar-refractivity contribution in [3.05, 3.63) is 39.8 Å². The predicted octanol–water partition coefficient (Wildman–Crippen LogP) is 3.76. The maximum absolute atomic E-state index is 8.63. The number of aromatic nitrogens is 2. The summed E-state index contributed by atoms with van der Waals surface area (Å²) in [5, 5.41) is 9.77. The third-order valence-corrected chi connectivity index (χ3v) is 2.91. The molecule has 0 unspecified atom stereocenters. The fourth-order valence-electron chi connectivity index (χ4n) is 1.62. The molecular formula is C12H9Cl2N3. The second kappa shape index (κ2) is 4.79. The van der Waals surface area contributed by atoms with Crippen LogP contribution in [0.15, 0.2) is 18.2 Å². The van der Waals surface area contributed by atoms with Crippen LogP contribution in [0.4, 0.5) is 0 Å². The fourth-order valence-corrected chi connectivity index (χ4v) is 2.12. The second-order valence-electron chi connectivity index (χ2n) is 3.62. The Morgan fingerprint density at radius 1 is 1.41 bits per heavy atom. The smallest absolute Gasteiger partial charge is 0.121 e. The molecule has 0 aliphatic carbocycles. The van der Waals surface area contributed by atoms with E-state index in [1.165, 1.54) is 0 Å². The van der Waals surface area contributed by atoms with Gasteiger partial charge in [-0.25, -0.2) is 4.98 Å². The number of nitrogens with one attached hydrogen (secondary N) is 1. The Kier molecular flexibility index (Phi) is 3.37. The molecule has 2 aromatic rings. The normalized spacial score (nSPS) is 10.2. The van der Waals surface area contributed by atoms with Crippen LogP contribution in [0.1, 0.15) is 11.5 Å². The number of aromatic amines is 1. The van der Waals surface area contributed by atoms with Crippen LogP contribution >= 0.6 is 23.2 Å². The molecule has 0 aliphatic heterocycles. The molecule has 0 fully saturated rings. The molecule has 0 saturated carbocycles. The molecule has 0 saturated heterocycles. The maximum Gasteiger partial charge on any atom is 0.121 e. The minimum Gasteiger partial charge on any atom is -0.345 e. The van der Waals surface area contributed by atoms with Crippen LogP contribution in [0, 0.1) is 18.3 Å². The van der Waals surface area contributed by atoms with Crippen LogP contribution in [-0.4, -0.2) is 9.97 Å². The van der Waals surface area contributed by atoms with Gasteiger partial charge in [0.15, 0.2) is 0 Å². The molecule has 5 heteroatoms. The number of benzene rings is 1. The first-order valence-corrected chi connectivity index (χ1v) is 5.75. The van der Waals surface area contributed by atoms with Gasteiger partial charge in [0, 0.05) is 16.3 Å². The van der Waals surface area contributed by atoms with Crippen LogP contribution in [0.5, 0.6) is 0 Å². The zero-order valence-corrected chi connectivity index (χ0v) is 10.6. The minimum absolute atomic E-state index is 0.256. The summed E-state index contributed by atoms with van der Waals surface area (Å²) < 4.78 is 0. The molecule has 1 heterocycles. The number of H-pyrrole nitrogens is 1. The highest BCUT2D eigenvalue weighted by Gasteiger charge is 2.12. The number of nitrogens with zero attached hydrogens (tertiary/aromatic N) is 2. The second-order valence-corrected chi connectivity index (χ2v) is 4.46. The predicted molar refractivity (Wildman–Crippen MR) is 68.1 cm³/mol. The van der Waals surface area contributed by atoms with E-state index in [4.69, 9.17) is 28.5 Å². The van der Waals surface area contributed by atoms with Crippen molar-refractivity contribution in [2.45, 2.75) is 13.3 Å². The number of nitriles is 1. The molecule has 0 atom stereocenters. The van der Waals surface area contributed by atoms with Gasteiger partial charge in [-0.1, -0.05) is 23.2 Å². The highest BCUT2D eigenvalue weighted by molar-refractivity contribution is 6.36. The average molecular weight is 266 g/mol. The molecule has 2 rings (SSSR count). The minimum atomic E-state index is 0.256. The van der Waals surface area contributed by atoms with Gasteiger partial charge in [0.05, 0.1) is 23.2 Å². The van der Waals surface area contributed by atoms with Crippen LogP contribution in [0.3, 0.4) is 0 Å². The van der Waals surface area contributed by atoms with E-state index in [1.54, 1.807) is 12.1 Å². The summed E-state index contributed by atoms with van der Waals surface area (Å²) in [7, 11) is 0. The molecule has 0 spiro atoms. The largest absolute Gasteiger partial charge is 0.345 e. The highest BCUT2D eigenvalue weighted by atomic mass is 35.5. The van der Waals surface area contributed by atoms with E-state index in [0.29, 0.717) is 15.9 Å². The van der Waals surface area contributed by atoms with Crippen LogP contribution in [-0.2, 0) is 6.42 Å². The summed E-state index contributed by atoms with van der Waals surface area (Å²) in [4.78, 5) is 7.42. The summed E-state index contributed by atoms with van der Waals surface area (Å²) in [5.41, 5.74) is 2.46. The standard InChI is InChI=1S/C12H9Cl2N3/c1-7-12(17-11(16-7)4-5-15)9-3-2-8(13)6-10(9)14/h2-3,6H,4H2,1H3,(H,16,17). The molecule has 0 bridgehead atoms. The summed E-state index contributed by atoms with van der Waals surface area (Å²) in [5.74, 6) is 0.644. The van der Waals surface area contributed by atoms with Gasteiger partial charge < -0.3 is 4.98 Å². The van der Waals surface area contributed by atoms with Crippen LogP contribution < -0.4 is 0 Å². The lowest BCUT2D eigenvalue weighted by Gasteiger charge is -2.02. The number of aryl methyl sites for hydroxylation is 1. The van der Waals surface area contributed by atoms with Gasteiger partial charge in [0.25, 0.3) is 0 Å². The number of halogens is 2. The molecule has 3 nitrogen and oxygen atoms in total. The van der Waals surface area contributed by atoms with Crippen molar-refractivity contribution in [2.75, 3.05) is 0 Å². The molecular weight excluding hydrogens is 257 g/mol. The van der Waals surface area contributed by atoms with E-state index in [9.17, 15) is 0 Å². The molecule has 1 aromatic carbocycles. The first-order chi connectivity index (χ1) is 8.11. The van der Waals surface area contributed by atoms with Gasteiger partial charge in [0.2, 0.25) is 0 Å². The molecule has 17 heavy (non-hydrogen) atoms. The third kappa shape index (κ3) is 2.44. The average Bonchev–Trinajstić information content (AvgIpc) is 2.60. The monoisotopic (exact) mass is 265 g/mol. The summed E-state index contributed by atoms with van der Waals surface area (Å²) in [6.45, 7) is 1.90. The molecule has 0 aliphatic rings. The van der Waals surface area contributed by atoms with E-state index < -0.39 is 0 Å². The highest BCUT2D eigenvalue weighted by Crippen LogP contribution is 2.31. The lowest BCUT2D eigenvalue weighted by atomic mass is 10.1. The van der Waals surface area contributed by atoms with Gasteiger partial charge in [-0.3, -0.25) is 0 Å². The van der Waals surface area contributed by atoms with Gasteiger partial charge in [0.1, 0.15) is 5.82 Å². The van der Waals surface area contributed by atoms with Crippen LogP contribution in [0.25, 0.3) is 11.3 Å². The first-order valence-electron chi connectivity index (χ1n) is 4.99. The maximum atomic E-state index is 8.63. The SMILES string of the molecule is Cc1[nH]c(CC#N)nc1-c1ccc(Cl)cc1Cl. The number of hydrogen-bond acceptors (Lipinski definition) is 2. The van der Waals surface area contributed by atoms with Crippen molar-refractivity contribution >= 4 is 23.2 Å². The zero-order chi connectivity index (χ0) is 12.4. The molecule has 1 aromatic heterocycles. The zero-order valence-electron chi connectivity index (χ0n) is 9.09. The van der Waals surface area contributed by atoms with Crippen molar-refractivity contribution < 1.29 is 0 Å². The van der Waals surface area contributed by atoms with E-state index in [1.807, 2.05) is 13.0 Å². The van der Waals surface area contributed by atoms with Crippen molar-refractivity contribution in [2.24, 2.45) is 0 Å². The quantitative estimate of drug-likeness (QED) is 0.899. The summed E-state index contributed by atoms with van der Waals surface area (Å²) in [6, 6.07) is 7.32. The Hall–Kier alpha value is -1.50. The molecule has 0 radical (unpaired) electrons. The van der Waals surface area contributed by atoms with E-state index in [-0.39, 0.29) is 6.42 Å². The number of hydrogen-bond donors (Lipinski definition) is 1. The summed E-state index contributed by atoms with van der Waals surface area (Å²) in [6.07, 6.45) is 0.256. The van der Waals surface area contributed by atoms with Gasteiger partial charge in [-0.15, -0.1) is 0 Å². The van der Waals surface area contributed by atoms with Crippen molar-refractivity contribution in [1.29, 1.82) is 5.26 Å². The molecule has 86 valence electrons. The van der Waals surface area contributed by atoms with E-state index in [2.05, 4.69) is 16.0 Å². The Morgan fingerprint density at radius 3 is 2.82 bits per heavy atom. The Bertz CT molecular complexity index is 596. The third-order valence-electron chi connectivity index (χ3n) is 2.37. The first kappa shape index (κ1) is 12.0. The topological polar surface area (TPSA) is 52.5 Å². The lowest BCUT2D eigenvalue weighted by molar-refractivity contribution is 1.05. The number of rotatable bonds is 2. The van der Waals surface area contributed by atoms with Gasteiger partial charge >= 0.3 is 0 Å². The van der Waals surface area contributed by atoms with Crippen molar-refractivity contribution in [3.63, 3.8) is 0 Å². The van der Waals surface area contributed by atoms with E-state index >= 15 is 0 Å². The Balaban J connectivity index is 2.49. The van der Waals surface area contributed by atoms with Gasteiger partial charge in [-0.05, 0) is 25.1 Å². The Labute approximate surface area is 109 Å². The molecule has 1 N–H and O–H groups in total. The lowest BCUT2D eigenvalue weighted by Crippen LogP contribution is -1.84. The molecule has 0 amide bonds. The number of imidazole rings is 1. The van der Waals surface area contributed by atoms with E-state index in [0.717, 1.165) is 17.0 Å². The van der Waals surface area contributed by atoms with Crippen molar-refractivity contribution in [1.82, 2.24) is 9.97 Å². The Morgan fingerprint density at radius 2 is 2.18 bits per heavy atom. The van der Waals surface area contributed by atoms with Gasteiger partial charge in [-0.2, -0.15) is 5.26 Å². The van der Waals surface area contributed by atoms with Crippen LogP contribution in [0.2, 0.25) is 10.0 Å². The summed E-state index contributed by atoms with van der Waals surface area (Å²) >= 11 is 12.0. The van der Waals surface area contributed by atoms with Crippen molar-refractivity contribution in [3.8, 4) is 17.3 Å². The fraction of sp³-hybridized carbons (Fsp3) is 0.167.